The Bertz CT molecular complexity index is 494. The molecule has 2 N–H and O–H groups in total. The molecule has 0 aliphatic carbocycles. The lowest BCUT2D eigenvalue weighted by Crippen LogP contribution is -2.44. The standard InChI is InChI=1S/C10H15N7/c1-16-5-2-8(15-16)9-12-10(14-13-9)17-6-3-11-4-7-17/h2,5,11H,3-4,6-7H2,1H3,(H,12,13,14). The number of nitrogens with zero attached hydrogens (tertiary/aromatic N) is 5. The molecule has 7 nitrogen and oxygen atoms in total. The molecule has 17 heavy (non-hydrogen) atoms. The van der Waals surface area contributed by atoms with Crippen LogP contribution in [-0.4, -0.2) is 51.1 Å². The van der Waals surface area contributed by atoms with Crippen LogP contribution in [-0.2, 0) is 7.05 Å². The molecule has 3 heterocycles. The normalized spacial score (nSPS) is 16.4. The number of rotatable bonds is 2. The zero-order valence-corrected chi connectivity index (χ0v) is 9.72. The van der Waals surface area contributed by atoms with Gasteiger partial charge in [-0.15, -0.1) is 5.10 Å². The van der Waals surface area contributed by atoms with E-state index in [9.17, 15) is 0 Å². The lowest BCUT2D eigenvalue weighted by molar-refractivity contribution is 0.580. The highest BCUT2D eigenvalue weighted by atomic mass is 15.4. The Kier molecular flexibility index (Phi) is 2.52. The summed E-state index contributed by atoms with van der Waals surface area (Å²) in [5, 5.41) is 14.8. The first-order chi connectivity index (χ1) is 8.33. The van der Waals surface area contributed by atoms with Crippen molar-refractivity contribution in [2.24, 2.45) is 7.05 Å². The molecule has 2 aromatic heterocycles. The number of anilines is 1. The molecule has 1 aliphatic heterocycles. The molecule has 0 spiro atoms. The van der Waals surface area contributed by atoms with Gasteiger partial charge in [-0.3, -0.25) is 9.78 Å². The Balaban J connectivity index is 1.82. The molecule has 0 aromatic carbocycles. The second-order valence-corrected chi connectivity index (χ2v) is 4.10. The Hall–Kier alpha value is -1.89. The van der Waals surface area contributed by atoms with E-state index in [0.717, 1.165) is 43.6 Å². The SMILES string of the molecule is Cn1ccc(-c2nc(N3CCNCC3)n[nH]2)n1. The molecular weight excluding hydrogens is 218 g/mol. The van der Waals surface area contributed by atoms with E-state index in [2.05, 4.69) is 30.5 Å². The number of hydrogen-bond acceptors (Lipinski definition) is 5. The van der Waals surface area contributed by atoms with Gasteiger partial charge in [-0.1, -0.05) is 0 Å². The number of H-pyrrole nitrogens is 1. The van der Waals surface area contributed by atoms with Crippen LogP contribution >= 0.6 is 0 Å². The number of aryl methyl sites for hydroxylation is 1. The van der Waals surface area contributed by atoms with Crippen molar-refractivity contribution in [2.45, 2.75) is 0 Å². The molecule has 3 rings (SSSR count). The maximum absolute atomic E-state index is 4.47. The Labute approximate surface area is 98.8 Å². The van der Waals surface area contributed by atoms with Gasteiger partial charge in [0.1, 0.15) is 5.69 Å². The maximum Gasteiger partial charge on any atom is 0.245 e. The van der Waals surface area contributed by atoms with E-state index in [-0.39, 0.29) is 0 Å². The summed E-state index contributed by atoms with van der Waals surface area (Å²) in [4.78, 5) is 6.64. The van der Waals surface area contributed by atoms with Crippen molar-refractivity contribution in [3.63, 3.8) is 0 Å². The smallest absolute Gasteiger partial charge is 0.245 e. The topological polar surface area (TPSA) is 74.7 Å². The van der Waals surface area contributed by atoms with Crippen molar-refractivity contribution in [3.05, 3.63) is 12.3 Å². The van der Waals surface area contributed by atoms with E-state index in [1.807, 2.05) is 19.3 Å². The predicted octanol–water partition coefficient (Wildman–Crippen LogP) is -0.385. The quantitative estimate of drug-likeness (QED) is 0.739. The van der Waals surface area contributed by atoms with Crippen LogP contribution in [0, 0.1) is 0 Å². The molecule has 0 saturated carbocycles. The average Bonchev–Trinajstić information content (AvgIpc) is 2.98. The summed E-state index contributed by atoms with van der Waals surface area (Å²) in [5.41, 5.74) is 0.821. The predicted molar refractivity (Wildman–Crippen MR) is 63.7 cm³/mol. The number of nitrogens with one attached hydrogen (secondary N) is 2. The van der Waals surface area contributed by atoms with Crippen LogP contribution < -0.4 is 10.2 Å². The van der Waals surface area contributed by atoms with Gasteiger partial charge in [0.2, 0.25) is 5.95 Å². The highest BCUT2D eigenvalue weighted by molar-refractivity contribution is 5.50. The number of aromatic nitrogens is 5. The molecule has 90 valence electrons. The van der Waals surface area contributed by atoms with Crippen molar-refractivity contribution >= 4 is 5.95 Å². The van der Waals surface area contributed by atoms with Crippen LogP contribution in [0.4, 0.5) is 5.95 Å². The Morgan fingerprint density at radius 3 is 2.82 bits per heavy atom. The fraction of sp³-hybridized carbons (Fsp3) is 0.500. The molecule has 1 aliphatic rings. The van der Waals surface area contributed by atoms with E-state index in [1.165, 1.54) is 0 Å². The van der Waals surface area contributed by atoms with Crippen molar-refractivity contribution in [2.75, 3.05) is 31.1 Å². The van der Waals surface area contributed by atoms with Gasteiger partial charge in [-0.05, 0) is 6.07 Å². The van der Waals surface area contributed by atoms with E-state index in [0.29, 0.717) is 0 Å². The highest BCUT2D eigenvalue weighted by Crippen LogP contribution is 2.15. The fourth-order valence-corrected chi connectivity index (χ4v) is 1.92. The van der Waals surface area contributed by atoms with Gasteiger partial charge in [0.05, 0.1) is 0 Å². The molecule has 2 aromatic rings. The van der Waals surface area contributed by atoms with Gasteiger partial charge in [0.25, 0.3) is 0 Å². The first-order valence-corrected chi connectivity index (χ1v) is 5.71. The summed E-state index contributed by atoms with van der Waals surface area (Å²) < 4.78 is 1.75. The van der Waals surface area contributed by atoms with E-state index < -0.39 is 0 Å². The fourth-order valence-electron chi connectivity index (χ4n) is 1.92. The second kappa shape index (κ2) is 4.17. The Morgan fingerprint density at radius 1 is 1.29 bits per heavy atom. The van der Waals surface area contributed by atoms with Gasteiger partial charge in [-0.2, -0.15) is 10.1 Å². The Morgan fingerprint density at radius 2 is 2.12 bits per heavy atom. The summed E-state index contributed by atoms with van der Waals surface area (Å²) >= 11 is 0. The third-order valence-corrected chi connectivity index (χ3v) is 2.83. The van der Waals surface area contributed by atoms with Crippen LogP contribution in [0.3, 0.4) is 0 Å². The number of hydrogen-bond donors (Lipinski definition) is 2. The largest absolute Gasteiger partial charge is 0.337 e. The summed E-state index contributed by atoms with van der Waals surface area (Å²) in [6.07, 6.45) is 1.89. The highest BCUT2D eigenvalue weighted by Gasteiger charge is 2.16. The van der Waals surface area contributed by atoms with Crippen molar-refractivity contribution in [1.29, 1.82) is 0 Å². The summed E-state index contributed by atoms with van der Waals surface area (Å²) in [6, 6.07) is 1.92. The van der Waals surface area contributed by atoms with Gasteiger partial charge < -0.3 is 10.2 Å². The van der Waals surface area contributed by atoms with Crippen LogP contribution in [0.2, 0.25) is 0 Å². The summed E-state index contributed by atoms with van der Waals surface area (Å²) in [6.45, 7) is 3.85. The van der Waals surface area contributed by atoms with Crippen LogP contribution in [0.5, 0.6) is 0 Å². The van der Waals surface area contributed by atoms with Gasteiger partial charge >= 0.3 is 0 Å². The third-order valence-electron chi connectivity index (χ3n) is 2.83. The molecular formula is C10H15N7. The van der Waals surface area contributed by atoms with Crippen LogP contribution in [0.1, 0.15) is 0 Å². The van der Waals surface area contributed by atoms with Crippen molar-refractivity contribution in [3.8, 4) is 11.5 Å². The minimum absolute atomic E-state index is 0.721. The van der Waals surface area contributed by atoms with E-state index in [4.69, 9.17) is 0 Å². The van der Waals surface area contributed by atoms with E-state index in [1.54, 1.807) is 4.68 Å². The zero-order valence-electron chi connectivity index (χ0n) is 9.72. The zero-order chi connectivity index (χ0) is 11.7. The summed E-state index contributed by atoms with van der Waals surface area (Å²) in [5.74, 6) is 1.48. The van der Waals surface area contributed by atoms with Crippen molar-refractivity contribution < 1.29 is 0 Å². The lowest BCUT2D eigenvalue weighted by atomic mass is 10.4. The van der Waals surface area contributed by atoms with Gasteiger partial charge in [0, 0.05) is 39.4 Å². The van der Waals surface area contributed by atoms with E-state index >= 15 is 0 Å². The minimum Gasteiger partial charge on any atom is -0.337 e. The third kappa shape index (κ3) is 2.01. The number of piperazine rings is 1. The average molecular weight is 233 g/mol. The molecule has 1 saturated heterocycles. The molecule has 0 unspecified atom stereocenters. The molecule has 0 atom stereocenters. The van der Waals surface area contributed by atoms with Gasteiger partial charge in [0.15, 0.2) is 5.82 Å². The molecule has 1 fully saturated rings. The van der Waals surface area contributed by atoms with Gasteiger partial charge in [-0.25, -0.2) is 0 Å². The van der Waals surface area contributed by atoms with Crippen LogP contribution in [0.15, 0.2) is 12.3 Å². The molecule has 0 amide bonds. The minimum atomic E-state index is 0.721. The first kappa shape index (κ1) is 10.3. The molecule has 7 heteroatoms. The monoisotopic (exact) mass is 233 g/mol. The lowest BCUT2D eigenvalue weighted by Gasteiger charge is -2.25. The molecule has 0 bridgehead atoms. The first-order valence-electron chi connectivity index (χ1n) is 5.71. The summed E-state index contributed by atoms with van der Waals surface area (Å²) in [7, 11) is 1.89. The second-order valence-electron chi connectivity index (χ2n) is 4.10. The van der Waals surface area contributed by atoms with Crippen LogP contribution in [0.25, 0.3) is 11.5 Å². The molecule has 0 radical (unpaired) electrons. The van der Waals surface area contributed by atoms with Crippen molar-refractivity contribution in [1.82, 2.24) is 30.3 Å². The maximum atomic E-state index is 4.47. The number of aromatic amines is 1.